The molecule has 1 N–H and O–H groups in total. The number of rotatable bonds is 3. The molecule has 76 valence electrons. The molecule has 0 spiro atoms. The standard InChI is InChI=1S/C6H10BrNO4S/c7-2-5-1-6(9)8(3-5)4-13(10,11)12/h5H,1-4H2,(H,10,11,12). The minimum atomic E-state index is -4.08. The van der Waals surface area contributed by atoms with Crippen molar-refractivity contribution in [1.82, 2.24) is 4.90 Å². The van der Waals surface area contributed by atoms with Crippen LogP contribution in [0.25, 0.3) is 0 Å². The number of nitrogens with zero attached hydrogens (tertiary/aromatic N) is 1. The Kier molecular flexibility index (Phi) is 3.31. The van der Waals surface area contributed by atoms with E-state index in [4.69, 9.17) is 4.55 Å². The minimum Gasteiger partial charge on any atom is -0.326 e. The van der Waals surface area contributed by atoms with Crippen LogP contribution in [0.15, 0.2) is 0 Å². The molecule has 0 aliphatic carbocycles. The monoisotopic (exact) mass is 271 g/mol. The van der Waals surface area contributed by atoms with E-state index in [1.54, 1.807) is 0 Å². The lowest BCUT2D eigenvalue weighted by molar-refractivity contribution is -0.127. The van der Waals surface area contributed by atoms with E-state index in [1.165, 1.54) is 0 Å². The molecule has 1 rings (SSSR count). The number of alkyl halides is 1. The van der Waals surface area contributed by atoms with Crippen molar-refractivity contribution < 1.29 is 17.8 Å². The molecule has 1 atom stereocenters. The van der Waals surface area contributed by atoms with Crippen LogP contribution in [0.2, 0.25) is 0 Å². The largest absolute Gasteiger partial charge is 0.326 e. The Morgan fingerprint density at radius 2 is 2.23 bits per heavy atom. The zero-order valence-electron chi connectivity index (χ0n) is 6.81. The van der Waals surface area contributed by atoms with E-state index in [-0.39, 0.29) is 11.8 Å². The van der Waals surface area contributed by atoms with Crippen LogP contribution in [-0.2, 0) is 14.9 Å². The summed E-state index contributed by atoms with van der Waals surface area (Å²) in [6.07, 6.45) is 0.348. The van der Waals surface area contributed by atoms with Gasteiger partial charge < -0.3 is 4.90 Å². The van der Waals surface area contributed by atoms with Crippen molar-refractivity contribution >= 4 is 32.0 Å². The minimum absolute atomic E-state index is 0.147. The van der Waals surface area contributed by atoms with E-state index in [1.807, 2.05) is 0 Å². The Bertz CT molecular complexity index is 302. The molecule has 0 bridgehead atoms. The molecule has 1 fully saturated rings. The summed E-state index contributed by atoms with van der Waals surface area (Å²) in [5, 5.41) is 0.667. The predicted molar refractivity (Wildman–Crippen MR) is 50.0 cm³/mol. The third kappa shape index (κ3) is 3.24. The molecule has 1 unspecified atom stereocenters. The zero-order valence-corrected chi connectivity index (χ0v) is 9.21. The number of halogens is 1. The fraction of sp³-hybridized carbons (Fsp3) is 0.833. The first-order chi connectivity index (χ1) is 5.92. The molecule has 0 radical (unpaired) electrons. The second-order valence-electron chi connectivity index (χ2n) is 3.05. The van der Waals surface area contributed by atoms with Crippen molar-refractivity contribution in [3.05, 3.63) is 0 Å². The molecule has 1 amide bonds. The Labute approximate surface area is 85.0 Å². The second kappa shape index (κ2) is 3.93. The Balaban J connectivity index is 2.59. The SMILES string of the molecule is O=C1CC(CBr)CN1CS(=O)(=O)O. The molecular weight excluding hydrogens is 262 g/mol. The lowest BCUT2D eigenvalue weighted by Crippen LogP contribution is -2.31. The van der Waals surface area contributed by atoms with Crippen LogP contribution in [0.5, 0.6) is 0 Å². The smallest absolute Gasteiger partial charge is 0.283 e. The zero-order chi connectivity index (χ0) is 10.1. The molecule has 13 heavy (non-hydrogen) atoms. The maximum Gasteiger partial charge on any atom is 0.283 e. The molecule has 0 aromatic carbocycles. The average Bonchev–Trinajstić information content (AvgIpc) is 2.29. The van der Waals surface area contributed by atoms with E-state index in [0.29, 0.717) is 18.3 Å². The van der Waals surface area contributed by atoms with Crippen molar-refractivity contribution in [3.63, 3.8) is 0 Å². The predicted octanol–water partition coefficient (Wildman–Crippen LogP) is 0.0751. The Morgan fingerprint density at radius 3 is 2.62 bits per heavy atom. The summed E-state index contributed by atoms with van der Waals surface area (Å²) < 4.78 is 29.5. The summed E-state index contributed by atoms with van der Waals surface area (Å²) in [5.41, 5.74) is 0. The highest BCUT2D eigenvalue weighted by Crippen LogP contribution is 2.19. The summed E-state index contributed by atoms with van der Waals surface area (Å²) in [6, 6.07) is 0. The van der Waals surface area contributed by atoms with Gasteiger partial charge in [0.1, 0.15) is 5.88 Å². The molecule has 5 nitrogen and oxygen atoms in total. The molecule has 1 aliphatic rings. The summed E-state index contributed by atoms with van der Waals surface area (Å²) in [5.74, 6) is -0.661. The first-order valence-electron chi connectivity index (χ1n) is 3.71. The van der Waals surface area contributed by atoms with Gasteiger partial charge in [0.05, 0.1) is 0 Å². The third-order valence-electron chi connectivity index (χ3n) is 1.83. The summed E-state index contributed by atoms with van der Waals surface area (Å²) in [4.78, 5) is 12.3. The molecule has 0 aromatic heterocycles. The van der Waals surface area contributed by atoms with E-state index >= 15 is 0 Å². The van der Waals surface area contributed by atoms with E-state index in [0.717, 1.165) is 4.90 Å². The fourth-order valence-corrected chi connectivity index (χ4v) is 2.36. The number of amides is 1. The summed E-state index contributed by atoms with van der Waals surface area (Å²) in [7, 11) is -4.08. The first kappa shape index (κ1) is 10.9. The molecule has 1 saturated heterocycles. The molecule has 0 saturated carbocycles. The van der Waals surface area contributed by atoms with Crippen LogP contribution < -0.4 is 0 Å². The van der Waals surface area contributed by atoms with Gasteiger partial charge in [-0.25, -0.2) is 0 Å². The van der Waals surface area contributed by atoms with Crippen LogP contribution in [0, 0.1) is 5.92 Å². The van der Waals surface area contributed by atoms with Gasteiger partial charge in [0.25, 0.3) is 10.1 Å². The highest BCUT2D eigenvalue weighted by Gasteiger charge is 2.30. The van der Waals surface area contributed by atoms with Crippen molar-refractivity contribution in [2.24, 2.45) is 5.92 Å². The van der Waals surface area contributed by atoms with Crippen molar-refractivity contribution in [2.75, 3.05) is 17.8 Å². The van der Waals surface area contributed by atoms with Crippen LogP contribution in [0.3, 0.4) is 0 Å². The molecule has 1 heterocycles. The fourth-order valence-electron chi connectivity index (χ4n) is 1.28. The van der Waals surface area contributed by atoms with Gasteiger partial charge in [0.2, 0.25) is 5.91 Å². The van der Waals surface area contributed by atoms with E-state index in [2.05, 4.69) is 15.9 Å². The highest BCUT2D eigenvalue weighted by atomic mass is 79.9. The number of hydrogen-bond acceptors (Lipinski definition) is 3. The van der Waals surface area contributed by atoms with Crippen molar-refractivity contribution in [3.8, 4) is 0 Å². The van der Waals surface area contributed by atoms with E-state index < -0.39 is 16.0 Å². The number of hydrogen-bond donors (Lipinski definition) is 1. The maximum atomic E-state index is 11.2. The first-order valence-corrected chi connectivity index (χ1v) is 6.44. The average molecular weight is 272 g/mol. The Hall–Kier alpha value is -0.140. The highest BCUT2D eigenvalue weighted by molar-refractivity contribution is 9.09. The van der Waals surface area contributed by atoms with Crippen LogP contribution in [0.4, 0.5) is 0 Å². The van der Waals surface area contributed by atoms with Gasteiger partial charge >= 0.3 is 0 Å². The maximum absolute atomic E-state index is 11.2. The van der Waals surface area contributed by atoms with Gasteiger partial charge in [-0.2, -0.15) is 8.42 Å². The third-order valence-corrected chi connectivity index (χ3v) is 3.39. The van der Waals surface area contributed by atoms with Crippen molar-refractivity contribution in [2.45, 2.75) is 6.42 Å². The number of likely N-dealkylation sites (tertiary alicyclic amines) is 1. The van der Waals surface area contributed by atoms with Gasteiger partial charge in [-0.1, -0.05) is 15.9 Å². The lowest BCUT2D eigenvalue weighted by atomic mass is 10.2. The van der Waals surface area contributed by atoms with Gasteiger partial charge in [0, 0.05) is 18.3 Å². The van der Waals surface area contributed by atoms with Gasteiger partial charge in [-0.3, -0.25) is 9.35 Å². The lowest BCUT2D eigenvalue weighted by Gasteiger charge is -2.13. The molecule has 7 heteroatoms. The Morgan fingerprint density at radius 1 is 1.62 bits per heavy atom. The quantitative estimate of drug-likeness (QED) is 0.583. The van der Waals surface area contributed by atoms with Crippen LogP contribution >= 0.6 is 15.9 Å². The van der Waals surface area contributed by atoms with E-state index in [9.17, 15) is 13.2 Å². The molecular formula is C6H10BrNO4S. The van der Waals surface area contributed by atoms with Crippen LogP contribution in [-0.4, -0.2) is 41.5 Å². The van der Waals surface area contributed by atoms with Crippen LogP contribution in [0.1, 0.15) is 6.42 Å². The molecule has 0 aromatic rings. The normalized spacial score (nSPS) is 24.0. The topological polar surface area (TPSA) is 74.7 Å². The summed E-state index contributed by atoms with van der Waals surface area (Å²) in [6.45, 7) is 0.393. The number of carbonyl (C=O) groups is 1. The van der Waals surface area contributed by atoms with Gasteiger partial charge in [-0.05, 0) is 5.92 Å². The van der Waals surface area contributed by atoms with Gasteiger partial charge in [0.15, 0.2) is 0 Å². The summed E-state index contributed by atoms with van der Waals surface area (Å²) >= 11 is 3.22. The molecule has 1 aliphatic heterocycles. The second-order valence-corrected chi connectivity index (χ2v) is 5.12. The number of carbonyl (C=O) groups excluding carboxylic acids is 1. The van der Waals surface area contributed by atoms with Crippen molar-refractivity contribution in [1.29, 1.82) is 0 Å². The van der Waals surface area contributed by atoms with Gasteiger partial charge in [-0.15, -0.1) is 0 Å².